The highest BCUT2D eigenvalue weighted by molar-refractivity contribution is 5.81. The molecule has 1 aromatic carbocycles. The van der Waals surface area contributed by atoms with Crippen LogP contribution in [0.15, 0.2) is 24.3 Å². The molecule has 0 saturated heterocycles. The predicted octanol–water partition coefficient (Wildman–Crippen LogP) is 2.47. The van der Waals surface area contributed by atoms with Crippen LogP contribution in [0.1, 0.15) is 30.7 Å². The van der Waals surface area contributed by atoms with Crippen molar-refractivity contribution in [3.63, 3.8) is 0 Å². The second-order valence-corrected chi connectivity index (χ2v) is 5.15. The first-order valence-electron chi connectivity index (χ1n) is 6.24. The fourth-order valence-electron chi connectivity index (χ4n) is 3.64. The molecule has 1 N–H and O–H groups in total. The largest absolute Gasteiger partial charge is 0.481 e. The molecule has 1 aliphatic carbocycles. The topological polar surface area (TPSA) is 40.5 Å². The van der Waals surface area contributed by atoms with Crippen LogP contribution in [-0.2, 0) is 4.79 Å². The van der Waals surface area contributed by atoms with Crippen molar-refractivity contribution in [1.82, 2.24) is 0 Å². The van der Waals surface area contributed by atoms with Gasteiger partial charge in [0.05, 0.1) is 5.92 Å². The van der Waals surface area contributed by atoms with Gasteiger partial charge in [0.1, 0.15) is 0 Å². The summed E-state index contributed by atoms with van der Waals surface area (Å²) in [5, 5.41) is 9.50. The van der Waals surface area contributed by atoms with Gasteiger partial charge in [-0.05, 0) is 30.4 Å². The molecular formula is C14H17NO2. The number of carbonyl (C=O) groups is 1. The first-order chi connectivity index (χ1) is 8.20. The summed E-state index contributed by atoms with van der Waals surface area (Å²) in [6, 6.07) is 8.35. The lowest BCUT2D eigenvalue weighted by atomic mass is 9.78. The van der Waals surface area contributed by atoms with Crippen molar-refractivity contribution in [3.8, 4) is 0 Å². The van der Waals surface area contributed by atoms with Gasteiger partial charge in [0.25, 0.3) is 0 Å². The molecule has 3 unspecified atom stereocenters. The number of carboxylic acid groups (broad SMARTS) is 1. The summed E-state index contributed by atoms with van der Waals surface area (Å²) >= 11 is 0. The van der Waals surface area contributed by atoms with Crippen LogP contribution in [-0.4, -0.2) is 24.2 Å². The van der Waals surface area contributed by atoms with E-state index in [-0.39, 0.29) is 11.8 Å². The molecule has 3 atom stereocenters. The highest BCUT2D eigenvalue weighted by atomic mass is 16.4. The Morgan fingerprint density at radius 2 is 2.12 bits per heavy atom. The molecule has 3 nitrogen and oxygen atoms in total. The van der Waals surface area contributed by atoms with E-state index in [1.165, 1.54) is 0 Å². The highest BCUT2D eigenvalue weighted by Gasteiger charge is 2.45. The summed E-state index contributed by atoms with van der Waals surface area (Å²) in [5.41, 5.74) is 2.09. The second kappa shape index (κ2) is 3.76. The SMILES string of the molecule is CN1c2ccccc2C(C(=O)O)C2CCCC21. The maximum atomic E-state index is 11.5. The monoisotopic (exact) mass is 231 g/mol. The number of hydrogen-bond donors (Lipinski definition) is 1. The molecule has 0 spiro atoms. The smallest absolute Gasteiger partial charge is 0.311 e. The van der Waals surface area contributed by atoms with Gasteiger partial charge in [0, 0.05) is 18.8 Å². The summed E-state index contributed by atoms with van der Waals surface area (Å²) in [4.78, 5) is 13.8. The molecule has 1 heterocycles. The minimum absolute atomic E-state index is 0.285. The number of hydrogen-bond acceptors (Lipinski definition) is 2. The first-order valence-corrected chi connectivity index (χ1v) is 6.24. The van der Waals surface area contributed by atoms with E-state index in [1.54, 1.807) is 0 Å². The molecule has 3 heteroatoms. The van der Waals surface area contributed by atoms with Crippen molar-refractivity contribution >= 4 is 11.7 Å². The zero-order valence-electron chi connectivity index (χ0n) is 9.97. The lowest BCUT2D eigenvalue weighted by molar-refractivity contribution is -0.140. The maximum absolute atomic E-state index is 11.5. The van der Waals surface area contributed by atoms with Gasteiger partial charge in [-0.25, -0.2) is 0 Å². The Morgan fingerprint density at radius 1 is 1.35 bits per heavy atom. The van der Waals surface area contributed by atoms with Crippen LogP contribution in [0.5, 0.6) is 0 Å². The van der Waals surface area contributed by atoms with E-state index in [9.17, 15) is 9.90 Å². The fourth-order valence-corrected chi connectivity index (χ4v) is 3.64. The number of rotatable bonds is 1. The number of aliphatic carboxylic acids is 1. The van der Waals surface area contributed by atoms with E-state index < -0.39 is 5.97 Å². The first kappa shape index (κ1) is 10.6. The Balaban J connectivity index is 2.14. The minimum Gasteiger partial charge on any atom is -0.481 e. The molecule has 0 aromatic heterocycles. The van der Waals surface area contributed by atoms with E-state index in [0.29, 0.717) is 6.04 Å². The van der Waals surface area contributed by atoms with Gasteiger partial charge in [-0.15, -0.1) is 0 Å². The van der Waals surface area contributed by atoms with Crippen LogP contribution in [0.25, 0.3) is 0 Å². The van der Waals surface area contributed by atoms with Crippen LogP contribution >= 0.6 is 0 Å². The lowest BCUT2D eigenvalue weighted by Gasteiger charge is -2.41. The molecule has 0 bridgehead atoms. The Labute approximate surface area is 101 Å². The number of anilines is 1. The number of para-hydroxylation sites is 1. The van der Waals surface area contributed by atoms with Crippen molar-refractivity contribution in [1.29, 1.82) is 0 Å². The third-order valence-corrected chi connectivity index (χ3v) is 4.38. The van der Waals surface area contributed by atoms with Crippen molar-refractivity contribution in [2.24, 2.45) is 5.92 Å². The van der Waals surface area contributed by atoms with E-state index in [0.717, 1.165) is 30.5 Å². The molecule has 1 fully saturated rings. The number of benzene rings is 1. The van der Waals surface area contributed by atoms with Gasteiger partial charge in [0.2, 0.25) is 0 Å². The Hall–Kier alpha value is -1.51. The molecule has 2 aliphatic rings. The van der Waals surface area contributed by atoms with Crippen LogP contribution in [0.2, 0.25) is 0 Å². The number of nitrogens with zero attached hydrogens (tertiary/aromatic N) is 1. The molecule has 90 valence electrons. The number of carboxylic acids is 1. The third-order valence-electron chi connectivity index (χ3n) is 4.38. The predicted molar refractivity (Wildman–Crippen MR) is 66.4 cm³/mol. The zero-order chi connectivity index (χ0) is 12.0. The lowest BCUT2D eigenvalue weighted by Crippen LogP contribution is -2.44. The standard InChI is InChI=1S/C14H17NO2/c1-15-11-7-3-2-5-9(11)13(14(16)17)10-6-4-8-12(10)15/h2-3,5,7,10,12-13H,4,6,8H2,1H3,(H,16,17). The summed E-state index contributed by atoms with van der Waals surface area (Å²) in [7, 11) is 2.10. The van der Waals surface area contributed by atoms with Gasteiger partial charge in [0.15, 0.2) is 0 Å². The Kier molecular flexibility index (Phi) is 2.35. The minimum atomic E-state index is -0.664. The van der Waals surface area contributed by atoms with Gasteiger partial charge in [-0.3, -0.25) is 4.79 Å². The fraction of sp³-hybridized carbons (Fsp3) is 0.500. The van der Waals surface area contributed by atoms with Crippen molar-refractivity contribution in [3.05, 3.63) is 29.8 Å². The molecule has 17 heavy (non-hydrogen) atoms. The molecule has 1 saturated carbocycles. The highest BCUT2D eigenvalue weighted by Crippen LogP contribution is 2.48. The molecule has 0 amide bonds. The second-order valence-electron chi connectivity index (χ2n) is 5.15. The van der Waals surface area contributed by atoms with Gasteiger partial charge >= 0.3 is 5.97 Å². The van der Waals surface area contributed by atoms with Gasteiger partial charge < -0.3 is 10.0 Å². The van der Waals surface area contributed by atoms with Crippen molar-refractivity contribution in [2.75, 3.05) is 11.9 Å². The summed E-state index contributed by atoms with van der Waals surface area (Å²) < 4.78 is 0. The Bertz CT molecular complexity index is 457. The van der Waals surface area contributed by atoms with Crippen LogP contribution < -0.4 is 4.90 Å². The van der Waals surface area contributed by atoms with E-state index in [4.69, 9.17) is 0 Å². The van der Waals surface area contributed by atoms with Crippen LogP contribution in [0.4, 0.5) is 5.69 Å². The Morgan fingerprint density at radius 3 is 2.88 bits per heavy atom. The zero-order valence-corrected chi connectivity index (χ0v) is 9.97. The van der Waals surface area contributed by atoms with Crippen molar-refractivity contribution < 1.29 is 9.90 Å². The average molecular weight is 231 g/mol. The molecule has 1 aliphatic heterocycles. The third kappa shape index (κ3) is 1.45. The molecule has 1 aromatic rings. The normalized spacial score (nSPS) is 30.9. The molecule has 3 rings (SSSR count). The number of fused-ring (bicyclic) bond motifs is 2. The van der Waals surface area contributed by atoms with E-state index >= 15 is 0 Å². The summed E-state index contributed by atoms with van der Waals surface area (Å²) in [5.74, 6) is -0.690. The van der Waals surface area contributed by atoms with E-state index in [2.05, 4.69) is 11.9 Å². The quantitative estimate of drug-likeness (QED) is 0.807. The maximum Gasteiger partial charge on any atom is 0.311 e. The van der Waals surface area contributed by atoms with E-state index in [1.807, 2.05) is 24.3 Å². The summed E-state index contributed by atoms with van der Waals surface area (Å²) in [6.45, 7) is 0. The van der Waals surface area contributed by atoms with Gasteiger partial charge in [-0.1, -0.05) is 24.6 Å². The summed E-state index contributed by atoms with van der Waals surface area (Å²) in [6.07, 6.45) is 3.32. The van der Waals surface area contributed by atoms with Gasteiger partial charge in [-0.2, -0.15) is 0 Å². The molecular weight excluding hydrogens is 214 g/mol. The van der Waals surface area contributed by atoms with Crippen LogP contribution in [0.3, 0.4) is 0 Å². The van der Waals surface area contributed by atoms with Crippen LogP contribution in [0, 0.1) is 5.92 Å². The molecule has 0 radical (unpaired) electrons. The van der Waals surface area contributed by atoms with Crippen molar-refractivity contribution in [2.45, 2.75) is 31.2 Å². The average Bonchev–Trinajstić information content (AvgIpc) is 2.78.